The van der Waals surface area contributed by atoms with Crippen LogP contribution >= 0.6 is 0 Å². The molecule has 0 fully saturated rings. The molecule has 0 aliphatic heterocycles. The third-order valence-electron chi connectivity index (χ3n) is 2.24. The molecule has 0 radical (unpaired) electrons. The van der Waals surface area contributed by atoms with E-state index >= 15 is 0 Å². The fourth-order valence-corrected chi connectivity index (χ4v) is 1.46. The van der Waals surface area contributed by atoms with Crippen LogP contribution in [0.3, 0.4) is 0 Å². The van der Waals surface area contributed by atoms with Gasteiger partial charge in [0.05, 0.1) is 6.42 Å². The standard InChI is InChI=1S/C13H16N2O3/c1-8-4-5-11(7-12(8)14-10(3)17)15-13(18)6-9(2)16/h4-5,7H,6H2,1-3H3,(H,14,17)(H,15,18). The second-order valence-electron chi connectivity index (χ2n) is 4.14. The van der Waals surface area contributed by atoms with Crippen LogP contribution in [0.1, 0.15) is 25.8 Å². The van der Waals surface area contributed by atoms with E-state index in [1.807, 2.05) is 6.92 Å². The van der Waals surface area contributed by atoms with Crippen molar-refractivity contribution in [2.24, 2.45) is 0 Å². The van der Waals surface area contributed by atoms with Crippen molar-refractivity contribution in [3.05, 3.63) is 23.8 Å². The average molecular weight is 248 g/mol. The Morgan fingerprint density at radius 3 is 2.33 bits per heavy atom. The molecule has 2 N–H and O–H groups in total. The van der Waals surface area contributed by atoms with Gasteiger partial charge in [-0.05, 0) is 31.5 Å². The molecular formula is C13H16N2O3. The maximum Gasteiger partial charge on any atom is 0.231 e. The van der Waals surface area contributed by atoms with E-state index in [1.165, 1.54) is 13.8 Å². The molecule has 0 aromatic heterocycles. The van der Waals surface area contributed by atoms with Crippen molar-refractivity contribution >= 4 is 29.0 Å². The third kappa shape index (κ3) is 4.37. The Morgan fingerprint density at radius 2 is 1.78 bits per heavy atom. The lowest BCUT2D eigenvalue weighted by Crippen LogP contribution is -2.15. The zero-order valence-electron chi connectivity index (χ0n) is 10.7. The Morgan fingerprint density at radius 1 is 1.11 bits per heavy atom. The van der Waals surface area contributed by atoms with Crippen LogP contribution in [0.4, 0.5) is 11.4 Å². The summed E-state index contributed by atoms with van der Waals surface area (Å²) in [5, 5.41) is 5.27. The van der Waals surface area contributed by atoms with Gasteiger partial charge < -0.3 is 10.6 Å². The fourth-order valence-electron chi connectivity index (χ4n) is 1.46. The monoisotopic (exact) mass is 248 g/mol. The van der Waals surface area contributed by atoms with Gasteiger partial charge in [-0.15, -0.1) is 0 Å². The number of nitrogens with one attached hydrogen (secondary N) is 2. The molecule has 0 aliphatic carbocycles. The van der Waals surface area contributed by atoms with Crippen molar-refractivity contribution in [1.29, 1.82) is 0 Å². The van der Waals surface area contributed by atoms with Gasteiger partial charge in [0, 0.05) is 18.3 Å². The number of hydrogen-bond acceptors (Lipinski definition) is 3. The number of aryl methyl sites for hydroxylation is 1. The summed E-state index contributed by atoms with van der Waals surface area (Å²) in [6, 6.07) is 5.17. The van der Waals surface area contributed by atoms with Crippen LogP contribution in [0.15, 0.2) is 18.2 Å². The predicted molar refractivity (Wildman–Crippen MR) is 69.4 cm³/mol. The lowest BCUT2D eigenvalue weighted by Gasteiger charge is -2.10. The number of benzene rings is 1. The number of amides is 2. The second kappa shape index (κ2) is 5.95. The zero-order chi connectivity index (χ0) is 13.7. The Kier molecular flexibility index (Phi) is 4.59. The summed E-state index contributed by atoms with van der Waals surface area (Å²) < 4.78 is 0. The van der Waals surface area contributed by atoms with Crippen molar-refractivity contribution in [3.63, 3.8) is 0 Å². The first kappa shape index (κ1) is 13.9. The van der Waals surface area contributed by atoms with E-state index in [0.717, 1.165) is 5.56 Å². The smallest absolute Gasteiger partial charge is 0.231 e. The fraction of sp³-hybridized carbons (Fsp3) is 0.308. The van der Waals surface area contributed by atoms with E-state index in [-0.39, 0.29) is 24.0 Å². The van der Waals surface area contributed by atoms with E-state index in [4.69, 9.17) is 0 Å². The summed E-state index contributed by atoms with van der Waals surface area (Å²) in [4.78, 5) is 33.2. The number of carbonyl (C=O) groups excluding carboxylic acids is 3. The molecule has 0 heterocycles. The van der Waals surface area contributed by atoms with Crippen LogP contribution in [0.5, 0.6) is 0 Å². The predicted octanol–water partition coefficient (Wildman–Crippen LogP) is 1.87. The Hall–Kier alpha value is -2.17. The van der Waals surface area contributed by atoms with Crippen molar-refractivity contribution in [2.75, 3.05) is 10.6 Å². The van der Waals surface area contributed by atoms with Gasteiger partial charge in [-0.2, -0.15) is 0 Å². The number of ketones is 1. The summed E-state index contributed by atoms with van der Waals surface area (Å²) in [7, 11) is 0. The van der Waals surface area contributed by atoms with E-state index < -0.39 is 0 Å². The van der Waals surface area contributed by atoms with Gasteiger partial charge in [-0.25, -0.2) is 0 Å². The first-order chi connectivity index (χ1) is 8.38. The van der Waals surface area contributed by atoms with Crippen LogP contribution in [0, 0.1) is 6.92 Å². The summed E-state index contributed by atoms with van der Waals surface area (Å²) in [5.41, 5.74) is 2.09. The van der Waals surface area contributed by atoms with Gasteiger partial charge in [-0.3, -0.25) is 14.4 Å². The highest BCUT2D eigenvalue weighted by Crippen LogP contribution is 2.20. The summed E-state index contributed by atoms with van der Waals surface area (Å²) >= 11 is 0. The molecule has 0 spiro atoms. The normalized spacial score (nSPS) is 9.72. The number of rotatable bonds is 4. The quantitative estimate of drug-likeness (QED) is 0.799. The Labute approximate surface area is 106 Å². The lowest BCUT2D eigenvalue weighted by molar-refractivity contribution is -0.124. The first-order valence-electron chi connectivity index (χ1n) is 5.56. The molecule has 96 valence electrons. The molecule has 18 heavy (non-hydrogen) atoms. The van der Waals surface area contributed by atoms with Crippen LogP contribution in [-0.2, 0) is 14.4 Å². The van der Waals surface area contributed by atoms with Gasteiger partial charge in [0.2, 0.25) is 11.8 Å². The molecule has 2 amide bonds. The van der Waals surface area contributed by atoms with Crippen LogP contribution in [0.2, 0.25) is 0 Å². The van der Waals surface area contributed by atoms with Crippen molar-refractivity contribution in [1.82, 2.24) is 0 Å². The van der Waals surface area contributed by atoms with Crippen molar-refractivity contribution < 1.29 is 14.4 Å². The third-order valence-corrected chi connectivity index (χ3v) is 2.24. The Balaban J connectivity index is 2.81. The molecule has 0 bridgehead atoms. The highest BCUT2D eigenvalue weighted by atomic mass is 16.2. The topological polar surface area (TPSA) is 75.3 Å². The maximum atomic E-state index is 11.4. The van der Waals surface area contributed by atoms with E-state index in [0.29, 0.717) is 11.4 Å². The number of anilines is 2. The largest absolute Gasteiger partial charge is 0.326 e. The summed E-state index contributed by atoms with van der Waals surface area (Å²) in [5.74, 6) is -0.730. The SMILES string of the molecule is CC(=O)CC(=O)Nc1ccc(C)c(NC(C)=O)c1. The number of carbonyl (C=O) groups is 3. The minimum atomic E-state index is -0.361. The lowest BCUT2D eigenvalue weighted by atomic mass is 10.1. The zero-order valence-corrected chi connectivity index (χ0v) is 10.7. The minimum absolute atomic E-state index is 0.149. The molecule has 0 saturated heterocycles. The molecule has 5 heteroatoms. The number of Topliss-reactive ketones (excluding diaryl/α,β-unsaturated/α-hetero) is 1. The maximum absolute atomic E-state index is 11.4. The molecule has 1 aromatic carbocycles. The molecule has 1 aromatic rings. The first-order valence-corrected chi connectivity index (χ1v) is 5.56. The summed E-state index contributed by atoms with van der Waals surface area (Å²) in [6.07, 6.45) is -0.149. The van der Waals surface area contributed by atoms with Gasteiger partial charge in [-0.1, -0.05) is 6.07 Å². The molecular weight excluding hydrogens is 232 g/mol. The minimum Gasteiger partial charge on any atom is -0.326 e. The van der Waals surface area contributed by atoms with Gasteiger partial charge in [0.1, 0.15) is 5.78 Å². The van der Waals surface area contributed by atoms with Crippen molar-refractivity contribution in [2.45, 2.75) is 27.2 Å². The van der Waals surface area contributed by atoms with E-state index in [2.05, 4.69) is 10.6 Å². The molecule has 0 unspecified atom stereocenters. The highest BCUT2D eigenvalue weighted by Gasteiger charge is 2.07. The second-order valence-corrected chi connectivity index (χ2v) is 4.14. The molecule has 0 atom stereocenters. The molecule has 1 rings (SSSR count). The molecule has 5 nitrogen and oxygen atoms in total. The molecule has 0 saturated carbocycles. The van der Waals surface area contributed by atoms with Gasteiger partial charge in [0.25, 0.3) is 0 Å². The molecule has 0 aliphatic rings. The van der Waals surface area contributed by atoms with Gasteiger partial charge in [0.15, 0.2) is 0 Å². The van der Waals surface area contributed by atoms with E-state index in [9.17, 15) is 14.4 Å². The van der Waals surface area contributed by atoms with Crippen LogP contribution < -0.4 is 10.6 Å². The number of hydrogen-bond donors (Lipinski definition) is 2. The summed E-state index contributed by atoms with van der Waals surface area (Å²) in [6.45, 7) is 4.63. The highest BCUT2D eigenvalue weighted by molar-refractivity contribution is 6.03. The van der Waals surface area contributed by atoms with Crippen LogP contribution in [-0.4, -0.2) is 17.6 Å². The van der Waals surface area contributed by atoms with E-state index in [1.54, 1.807) is 18.2 Å². The van der Waals surface area contributed by atoms with Crippen molar-refractivity contribution in [3.8, 4) is 0 Å². The van der Waals surface area contributed by atoms with Crippen LogP contribution in [0.25, 0.3) is 0 Å². The van der Waals surface area contributed by atoms with Gasteiger partial charge >= 0.3 is 0 Å². The average Bonchev–Trinajstić information content (AvgIpc) is 2.21. The Bertz CT molecular complexity index is 495.